The Morgan fingerprint density at radius 2 is 2.08 bits per heavy atom. The third-order valence-corrected chi connectivity index (χ3v) is 2.11. The van der Waals surface area contributed by atoms with Gasteiger partial charge in [0.2, 0.25) is 0 Å². The van der Waals surface area contributed by atoms with Crippen LogP contribution >= 0.6 is 12.6 Å². The van der Waals surface area contributed by atoms with Crippen LogP contribution in [-0.4, -0.2) is 5.78 Å². The van der Waals surface area contributed by atoms with Gasteiger partial charge in [-0.1, -0.05) is 6.07 Å². The summed E-state index contributed by atoms with van der Waals surface area (Å²) in [6, 6.07) is 5.48. The molecule has 1 aromatic rings. The number of Topliss-reactive ketones (excluding diaryl/α,β-unsaturated/α-hetero) is 1. The predicted molar refractivity (Wildman–Crippen MR) is 49.5 cm³/mol. The van der Waals surface area contributed by atoms with Crippen LogP contribution in [0.4, 0.5) is 0 Å². The molecule has 0 unspecified atom stereocenters. The van der Waals surface area contributed by atoms with E-state index in [0.29, 0.717) is 0 Å². The van der Waals surface area contributed by atoms with Crippen LogP contribution in [0.1, 0.15) is 24.3 Å². The van der Waals surface area contributed by atoms with Crippen LogP contribution in [0.15, 0.2) is 23.1 Å². The van der Waals surface area contributed by atoms with Gasteiger partial charge in [0.15, 0.2) is 5.78 Å². The first-order valence-electron chi connectivity index (χ1n) is 3.42. The fraction of sp³-hybridized carbons (Fsp3) is 0.222. The zero-order valence-electron chi connectivity index (χ0n) is 8.59. The molecule has 0 atom stereocenters. The van der Waals surface area contributed by atoms with Gasteiger partial charge in [-0.25, -0.2) is 0 Å². The molecule has 0 aromatic heterocycles. The molecule has 3 heteroatoms. The van der Waals surface area contributed by atoms with Crippen LogP contribution in [0.2, 0.25) is 0 Å². The fourth-order valence-corrected chi connectivity index (χ4v) is 1.01. The molecule has 0 aliphatic carbocycles. The minimum absolute atomic E-state index is 0. The smallest absolute Gasteiger partial charge is 1.00 e. The minimum Gasteiger partial charge on any atom is -1.00 e. The van der Waals surface area contributed by atoms with Gasteiger partial charge in [-0.2, -0.15) is 0 Å². The molecule has 0 spiro atoms. The van der Waals surface area contributed by atoms with Crippen LogP contribution in [-0.2, 0) is 0 Å². The van der Waals surface area contributed by atoms with Gasteiger partial charge in [-0.15, -0.1) is 12.6 Å². The normalized spacial score (nSPS) is 8.92. The van der Waals surface area contributed by atoms with E-state index < -0.39 is 0 Å². The number of aryl methyl sites for hydroxylation is 1. The third kappa shape index (κ3) is 2.94. The summed E-state index contributed by atoms with van der Waals surface area (Å²) in [5.74, 6) is 0.0985. The number of benzene rings is 1. The number of ketones is 1. The number of hydrogen-bond donors (Lipinski definition) is 1. The van der Waals surface area contributed by atoms with Crippen molar-refractivity contribution in [3.63, 3.8) is 0 Å². The second kappa shape index (κ2) is 5.07. The van der Waals surface area contributed by atoms with Gasteiger partial charge in [0.05, 0.1) is 0 Å². The topological polar surface area (TPSA) is 17.1 Å². The number of carbonyl (C=O) groups excluding carboxylic acids is 1. The Hall–Kier alpha value is 0.240. The van der Waals surface area contributed by atoms with Crippen molar-refractivity contribution in [3.05, 3.63) is 29.3 Å². The average Bonchev–Trinajstić information content (AvgIpc) is 1.94. The maximum Gasteiger partial charge on any atom is 1.00 e. The first-order chi connectivity index (χ1) is 5.11. The summed E-state index contributed by atoms with van der Waals surface area (Å²) in [4.78, 5) is 11.8. The van der Waals surface area contributed by atoms with E-state index in [0.717, 1.165) is 16.0 Å². The molecular formula is C9H11NaOS. The quantitative estimate of drug-likeness (QED) is 0.362. The largest absolute Gasteiger partial charge is 1.00 e. The van der Waals surface area contributed by atoms with E-state index in [1.165, 1.54) is 0 Å². The monoisotopic (exact) mass is 190 g/mol. The van der Waals surface area contributed by atoms with Crippen molar-refractivity contribution in [1.82, 2.24) is 0 Å². The van der Waals surface area contributed by atoms with Crippen LogP contribution in [0.3, 0.4) is 0 Å². The molecule has 0 bridgehead atoms. The van der Waals surface area contributed by atoms with Crippen molar-refractivity contribution >= 4 is 18.4 Å². The maximum atomic E-state index is 10.9. The molecule has 0 N–H and O–H groups in total. The Kier molecular flexibility index (Phi) is 5.18. The minimum atomic E-state index is 0. The zero-order valence-corrected chi connectivity index (χ0v) is 10.5. The molecule has 1 aromatic carbocycles. The second-order valence-corrected chi connectivity index (χ2v) is 3.04. The Labute approximate surface area is 102 Å². The van der Waals surface area contributed by atoms with Gasteiger partial charge >= 0.3 is 29.6 Å². The van der Waals surface area contributed by atoms with Crippen LogP contribution < -0.4 is 29.6 Å². The van der Waals surface area contributed by atoms with E-state index in [9.17, 15) is 4.79 Å². The van der Waals surface area contributed by atoms with Crippen LogP contribution in [0.5, 0.6) is 0 Å². The molecule has 0 radical (unpaired) electrons. The standard InChI is InChI=1S/C9H10OS.Na.H/c1-6-5-8(7(2)10)3-4-9(6)11;;/h3-5,11H,1-2H3;;/q;+1;-1. The molecule has 1 nitrogen and oxygen atoms in total. The van der Waals surface area contributed by atoms with E-state index in [1.54, 1.807) is 13.0 Å². The van der Waals surface area contributed by atoms with Crippen molar-refractivity contribution in [2.45, 2.75) is 18.7 Å². The maximum absolute atomic E-state index is 10.9. The SMILES string of the molecule is CC(=O)c1ccc(S)c(C)c1.[H-].[Na+]. The molecule has 0 fully saturated rings. The molecule has 0 saturated carbocycles. The van der Waals surface area contributed by atoms with Crippen LogP contribution in [0, 0.1) is 6.92 Å². The number of rotatable bonds is 1. The Morgan fingerprint density at radius 3 is 2.50 bits per heavy atom. The molecule has 0 amide bonds. The summed E-state index contributed by atoms with van der Waals surface area (Å²) in [6.45, 7) is 3.50. The zero-order chi connectivity index (χ0) is 8.43. The Morgan fingerprint density at radius 1 is 1.50 bits per heavy atom. The summed E-state index contributed by atoms with van der Waals surface area (Å²) in [6.07, 6.45) is 0. The fourth-order valence-electron chi connectivity index (χ4n) is 0.874. The van der Waals surface area contributed by atoms with E-state index in [2.05, 4.69) is 12.6 Å². The van der Waals surface area contributed by atoms with E-state index >= 15 is 0 Å². The van der Waals surface area contributed by atoms with Crippen molar-refractivity contribution < 1.29 is 35.8 Å². The van der Waals surface area contributed by atoms with E-state index in [4.69, 9.17) is 0 Å². The Bertz CT molecular complexity index is 302. The number of hydrogen-bond acceptors (Lipinski definition) is 2. The van der Waals surface area contributed by atoms with Crippen LogP contribution in [0.25, 0.3) is 0 Å². The summed E-state index contributed by atoms with van der Waals surface area (Å²) in [5.41, 5.74) is 1.79. The summed E-state index contributed by atoms with van der Waals surface area (Å²) >= 11 is 4.20. The molecule has 60 valence electrons. The van der Waals surface area contributed by atoms with Gasteiger partial charge in [0, 0.05) is 10.5 Å². The Balaban J connectivity index is 0. The van der Waals surface area contributed by atoms with E-state index in [1.807, 2.05) is 19.1 Å². The van der Waals surface area contributed by atoms with Gasteiger partial charge in [-0.05, 0) is 31.5 Å². The molecule has 0 aliphatic rings. The number of carbonyl (C=O) groups is 1. The van der Waals surface area contributed by atoms with Gasteiger partial charge < -0.3 is 1.43 Å². The second-order valence-electron chi connectivity index (χ2n) is 2.56. The van der Waals surface area contributed by atoms with Gasteiger partial charge in [0.1, 0.15) is 0 Å². The van der Waals surface area contributed by atoms with Gasteiger partial charge in [-0.3, -0.25) is 4.79 Å². The number of thiol groups is 1. The molecule has 1 rings (SSSR count). The summed E-state index contributed by atoms with van der Waals surface area (Å²) in [7, 11) is 0. The van der Waals surface area contributed by atoms with Crippen molar-refractivity contribution in [2.24, 2.45) is 0 Å². The molecule has 0 saturated heterocycles. The average molecular weight is 190 g/mol. The molecule has 12 heavy (non-hydrogen) atoms. The summed E-state index contributed by atoms with van der Waals surface area (Å²) < 4.78 is 0. The third-order valence-electron chi connectivity index (χ3n) is 1.60. The van der Waals surface area contributed by atoms with E-state index in [-0.39, 0.29) is 36.8 Å². The first kappa shape index (κ1) is 12.2. The van der Waals surface area contributed by atoms with Crippen molar-refractivity contribution in [3.8, 4) is 0 Å². The molecule has 0 heterocycles. The first-order valence-corrected chi connectivity index (χ1v) is 3.86. The molecular weight excluding hydrogens is 179 g/mol. The molecule has 0 aliphatic heterocycles. The predicted octanol–water partition coefficient (Wildman–Crippen LogP) is -0.397. The van der Waals surface area contributed by atoms with Crippen molar-refractivity contribution in [1.29, 1.82) is 0 Å². The summed E-state index contributed by atoms with van der Waals surface area (Å²) in [5, 5.41) is 0. The van der Waals surface area contributed by atoms with Crippen molar-refractivity contribution in [2.75, 3.05) is 0 Å². The van der Waals surface area contributed by atoms with Gasteiger partial charge in [0.25, 0.3) is 0 Å².